The number of aromatic nitrogens is 1. The lowest BCUT2D eigenvalue weighted by Gasteiger charge is -2.10. The SMILES string of the molecule is O=C(NCCc1nccs1)C(Cl)(Cl)Cl. The standard InChI is InChI=1S/C7H7Cl3N2OS/c8-7(9,10)6(13)12-2-1-5-11-3-4-14-5/h3-4H,1-2H2,(H,12,13). The molecule has 1 amide bonds. The number of hydrogen-bond donors (Lipinski definition) is 1. The van der Waals surface area contributed by atoms with Gasteiger partial charge in [0.1, 0.15) is 0 Å². The van der Waals surface area contributed by atoms with Crippen LogP contribution in [-0.4, -0.2) is 21.2 Å². The zero-order valence-corrected chi connectivity index (χ0v) is 10.1. The van der Waals surface area contributed by atoms with E-state index in [2.05, 4.69) is 10.3 Å². The van der Waals surface area contributed by atoms with Gasteiger partial charge in [0.25, 0.3) is 9.70 Å². The summed E-state index contributed by atoms with van der Waals surface area (Å²) in [6.07, 6.45) is 2.35. The number of nitrogens with zero attached hydrogens (tertiary/aromatic N) is 1. The molecule has 0 aliphatic heterocycles. The van der Waals surface area contributed by atoms with Gasteiger partial charge < -0.3 is 5.32 Å². The van der Waals surface area contributed by atoms with Gasteiger partial charge in [-0.05, 0) is 0 Å². The number of amides is 1. The van der Waals surface area contributed by atoms with Gasteiger partial charge in [0.15, 0.2) is 0 Å². The molecule has 0 aromatic carbocycles. The Morgan fingerprint density at radius 1 is 1.57 bits per heavy atom. The third-order valence-corrected chi connectivity index (χ3v) is 2.72. The third kappa shape index (κ3) is 4.00. The molecule has 0 aliphatic carbocycles. The minimum Gasteiger partial charge on any atom is -0.352 e. The van der Waals surface area contributed by atoms with Gasteiger partial charge in [0.2, 0.25) is 0 Å². The molecule has 1 aromatic rings. The van der Waals surface area contributed by atoms with Crippen LogP contribution in [-0.2, 0) is 11.2 Å². The van der Waals surface area contributed by atoms with E-state index in [1.807, 2.05) is 5.38 Å². The Balaban J connectivity index is 2.26. The molecule has 0 spiro atoms. The summed E-state index contributed by atoms with van der Waals surface area (Å²) in [6, 6.07) is 0. The van der Waals surface area contributed by atoms with E-state index in [4.69, 9.17) is 34.8 Å². The largest absolute Gasteiger partial charge is 0.352 e. The number of halogens is 3. The van der Waals surface area contributed by atoms with Crippen molar-refractivity contribution < 1.29 is 4.79 Å². The van der Waals surface area contributed by atoms with Crippen LogP contribution in [0.2, 0.25) is 0 Å². The van der Waals surface area contributed by atoms with Gasteiger partial charge in [-0.25, -0.2) is 4.98 Å². The van der Waals surface area contributed by atoms with Crippen molar-refractivity contribution in [2.24, 2.45) is 0 Å². The van der Waals surface area contributed by atoms with E-state index in [0.717, 1.165) is 5.01 Å². The first-order valence-corrected chi connectivity index (χ1v) is 5.75. The molecule has 7 heteroatoms. The molecule has 0 radical (unpaired) electrons. The lowest BCUT2D eigenvalue weighted by Crippen LogP contribution is -2.35. The van der Waals surface area contributed by atoms with Gasteiger partial charge in [0, 0.05) is 24.5 Å². The van der Waals surface area contributed by atoms with Crippen LogP contribution in [0, 0.1) is 0 Å². The van der Waals surface area contributed by atoms with Crippen molar-refractivity contribution >= 4 is 52.0 Å². The van der Waals surface area contributed by atoms with Gasteiger partial charge >= 0.3 is 0 Å². The van der Waals surface area contributed by atoms with E-state index in [9.17, 15) is 4.79 Å². The summed E-state index contributed by atoms with van der Waals surface area (Å²) in [6.45, 7) is 0.417. The molecule has 14 heavy (non-hydrogen) atoms. The summed E-state index contributed by atoms with van der Waals surface area (Å²) in [7, 11) is 0. The van der Waals surface area contributed by atoms with E-state index in [1.54, 1.807) is 6.20 Å². The molecule has 0 saturated heterocycles. The van der Waals surface area contributed by atoms with Crippen LogP contribution in [0.4, 0.5) is 0 Å². The van der Waals surface area contributed by atoms with Crippen LogP contribution in [0.5, 0.6) is 0 Å². The molecule has 0 saturated carbocycles. The topological polar surface area (TPSA) is 42.0 Å². The maximum absolute atomic E-state index is 11.1. The number of hydrogen-bond acceptors (Lipinski definition) is 3. The number of thiazole rings is 1. The average Bonchev–Trinajstić information content (AvgIpc) is 2.55. The maximum Gasteiger partial charge on any atom is 0.272 e. The fraction of sp³-hybridized carbons (Fsp3) is 0.429. The monoisotopic (exact) mass is 272 g/mol. The summed E-state index contributed by atoms with van der Waals surface area (Å²) in [4.78, 5) is 15.1. The summed E-state index contributed by atoms with van der Waals surface area (Å²) in [5.74, 6) is -0.612. The summed E-state index contributed by atoms with van der Waals surface area (Å²) in [5, 5.41) is 5.30. The van der Waals surface area contributed by atoms with Gasteiger partial charge in [-0.3, -0.25) is 4.79 Å². The predicted molar refractivity (Wildman–Crippen MR) is 59.1 cm³/mol. The Bertz CT molecular complexity index is 296. The van der Waals surface area contributed by atoms with Crippen molar-refractivity contribution in [3.05, 3.63) is 16.6 Å². The van der Waals surface area contributed by atoms with Crippen LogP contribution < -0.4 is 5.32 Å². The molecular weight excluding hydrogens is 267 g/mol. The lowest BCUT2D eigenvalue weighted by atomic mass is 10.4. The van der Waals surface area contributed by atoms with Gasteiger partial charge in [-0.15, -0.1) is 11.3 Å². The Morgan fingerprint density at radius 3 is 2.79 bits per heavy atom. The second-order valence-corrected chi connectivity index (χ2v) is 5.69. The van der Waals surface area contributed by atoms with Crippen molar-refractivity contribution in [1.82, 2.24) is 10.3 Å². The molecule has 1 heterocycles. The summed E-state index contributed by atoms with van der Waals surface area (Å²) in [5.41, 5.74) is 0. The van der Waals surface area contributed by atoms with Crippen LogP contribution in [0.3, 0.4) is 0 Å². The number of carbonyl (C=O) groups excluding carboxylic acids is 1. The van der Waals surface area contributed by atoms with E-state index < -0.39 is 9.70 Å². The molecule has 78 valence electrons. The zero-order valence-electron chi connectivity index (χ0n) is 6.97. The van der Waals surface area contributed by atoms with Crippen LogP contribution >= 0.6 is 46.1 Å². The molecule has 3 nitrogen and oxygen atoms in total. The van der Waals surface area contributed by atoms with Crippen molar-refractivity contribution in [3.63, 3.8) is 0 Å². The Hall–Kier alpha value is -0.0300. The lowest BCUT2D eigenvalue weighted by molar-refractivity contribution is -0.120. The van der Waals surface area contributed by atoms with Gasteiger partial charge in [0.05, 0.1) is 5.01 Å². The maximum atomic E-state index is 11.1. The highest BCUT2D eigenvalue weighted by atomic mass is 35.6. The fourth-order valence-corrected chi connectivity index (χ4v) is 1.58. The second kappa shape index (κ2) is 5.16. The normalized spacial score (nSPS) is 11.4. The summed E-state index contributed by atoms with van der Waals surface area (Å²) < 4.78 is -1.89. The van der Waals surface area contributed by atoms with Crippen LogP contribution in [0.1, 0.15) is 5.01 Å². The van der Waals surface area contributed by atoms with Crippen molar-refractivity contribution in [1.29, 1.82) is 0 Å². The zero-order chi connectivity index (χ0) is 10.6. The number of rotatable bonds is 3. The molecule has 0 unspecified atom stereocenters. The molecule has 1 rings (SSSR count). The molecule has 0 fully saturated rings. The second-order valence-electron chi connectivity index (χ2n) is 2.43. The van der Waals surface area contributed by atoms with Crippen molar-refractivity contribution in [3.8, 4) is 0 Å². The number of carbonyl (C=O) groups is 1. The van der Waals surface area contributed by atoms with Crippen molar-refractivity contribution in [2.45, 2.75) is 10.2 Å². The van der Waals surface area contributed by atoms with Crippen LogP contribution in [0.25, 0.3) is 0 Å². The third-order valence-electron chi connectivity index (χ3n) is 1.37. The van der Waals surface area contributed by atoms with Crippen molar-refractivity contribution in [2.75, 3.05) is 6.54 Å². The first-order valence-electron chi connectivity index (χ1n) is 3.73. The molecule has 0 aliphatic rings. The molecular formula is C7H7Cl3N2OS. The number of alkyl halides is 3. The highest BCUT2D eigenvalue weighted by Gasteiger charge is 2.29. The first kappa shape index (κ1) is 12.0. The van der Waals surface area contributed by atoms with E-state index in [1.165, 1.54) is 11.3 Å². The molecule has 1 N–H and O–H groups in total. The van der Waals surface area contributed by atoms with E-state index >= 15 is 0 Å². The highest BCUT2D eigenvalue weighted by molar-refractivity contribution is 7.09. The average molecular weight is 274 g/mol. The quantitative estimate of drug-likeness (QED) is 0.858. The smallest absolute Gasteiger partial charge is 0.272 e. The predicted octanol–water partition coefficient (Wildman–Crippen LogP) is 2.17. The van der Waals surface area contributed by atoms with Crippen LogP contribution in [0.15, 0.2) is 11.6 Å². The fourth-order valence-electron chi connectivity index (χ4n) is 0.760. The molecule has 1 aromatic heterocycles. The molecule has 0 bridgehead atoms. The minimum absolute atomic E-state index is 0.417. The van der Waals surface area contributed by atoms with E-state index in [-0.39, 0.29) is 0 Å². The minimum atomic E-state index is -1.89. The van der Waals surface area contributed by atoms with Gasteiger partial charge in [-0.2, -0.15) is 0 Å². The number of nitrogens with one attached hydrogen (secondary N) is 1. The Kier molecular flexibility index (Phi) is 4.44. The highest BCUT2D eigenvalue weighted by Crippen LogP contribution is 2.25. The van der Waals surface area contributed by atoms with Gasteiger partial charge in [-0.1, -0.05) is 34.8 Å². The Morgan fingerprint density at radius 2 is 2.29 bits per heavy atom. The Labute approximate surface area is 100 Å². The first-order chi connectivity index (χ1) is 6.50. The summed E-state index contributed by atoms with van der Waals surface area (Å²) >= 11 is 17.6. The molecule has 0 atom stereocenters. The van der Waals surface area contributed by atoms with E-state index in [0.29, 0.717) is 13.0 Å².